The van der Waals surface area contributed by atoms with Crippen molar-refractivity contribution in [2.75, 3.05) is 6.61 Å². The van der Waals surface area contributed by atoms with Gasteiger partial charge < -0.3 is 9.47 Å². The van der Waals surface area contributed by atoms with Crippen LogP contribution in [-0.4, -0.2) is 18.2 Å². The lowest BCUT2D eigenvalue weighted by Crippen LogP contribution is -2.73. The summed E-state index contributed by atoms with van der Waals surface area (Å²) in [5, 5.41) is 0. The minimum atomic E-state index is -0.994. The Labute approximate surface area is 143 Å². The van der Waals surface area contributed by atoms with Gasteiger partial charge in [0.2, 0.25) is 0 Å². The summed E-state index contributed by atoms with van der Waals surface area (Å²) in [6.07, 6.45) is 0.911. The second kappa shape index (κ2) is 5.28. The minimum absolute atomic E-state index is 0.178. The lowest BCUT2D eigenvalue weighted by atomic mass is 9.56. The zero-order chi connectivity index (χ0) is 17.8. The summed E-state index contributed by atoms with van der Waals surface area (Å²) in [5.74, 6) is -0.878. The van der Waals surface area contributed by atoms with E-state index >= 15 is 0 Å². The van der Waals surface area contributed by atoms with Crippen molar-refractivity contribution in [1.82, 2.24) is 0 Å². The van der Waals surface area contributed by atoms with Crippen LogP contribution in [0.3, 0.4) is 0 Å². The summed E-state index contributed by atoms with van der Waals surface area (Å²) in [7, 11) is 0. The molecule has 2 fully saturated rings. The SMILES string of the molecule is CCC(C)(C)C12OOC1(c1cccc(OC(C)=O)c1)OCC2(C)C. The number of esters is 1. The molecule has 2 unspecified atom stereocenters. The lowest BCUT2D eigenvalue weighted by molar-refractivity contribution is -0.627. The minimum Gasteiger partial charge on any atom is -0.427 e. The van der Waals surface area contributed by atoms with Gasteiger partial charge in [0.1, 0.15) is 5.75 Å². The molecule has 132 valence electrons. The number of carbonyl (C=O) groups is 1. The highest BCUT2D eigenvalue weighted by atomic mass is 17.3. The Bertz CT molecular complexity index is 665. The normalized spacial score (nSPS) is 31.2. The highest BCUT2D eigenvalue weighted by Gasteiger charge is 2.81. The monoisotopic (exact) mass is 334 g/mol. The van der Waals surface area contributed by atoms with Gasteiger partial charge in [0.15, 0.2) is 5.60 Å². The molecule has 24 heavy (non-hydrogen) atoms. The smallest absolute Gasteiger partial charge is 0.308 e. The van der Waals surface area contributed by atoms with E-state index in [-0.39, 0.29) is 16.8 Å². The van der Waals surface area contributed by atoms with Gasteiger partial charge in [0, 0.05) is 23.3 Å². The van der Waals surface area contributed by atoms with Gasteiger partial charge in [-0.3, -0.25) is 4.79 Å². The standard InChI is InChI=1S/C19H26O5/c1-7-16(3,4)19-17(5,6)12-21-18(19,23-24-19)14-9-8-10-15(11-14)22-13(2)20/h8-11H,7,12H2,1-6H3. The van der Waals surface area contributed by atoms with Crippen molar-refractivity contribution < 1.29 is 24.0 Å². The second-order valence-corrected chi connectivity index (χ2v) is 8.00. The van der Waals surface area contributed by atoms with Crippen LogP contribution < -0.4 is 4.74 Å². The van der Waals surface area contributed by atoms with E-state index < -0.39 is 11.4 Å². The predicted molar refractivity (Wildman–Crippen MR) is 88.1 cm³/mol. The van der Waals surface area contributed by atoms with Crippen molar-refractivity contribution in [2.45, 2.75) is 59.4 Å². The number of benzene rings is 1. The van der Waals surface area contributed by atoms with E-state index in [1.54, 1.807) is 12.1 Å². The molecule has 0 spiro atoms. The third-order valence-corrected chi connectivity index (χ3v) is 5.65. The molecule has 0 bridgehead atoms. The number of carbonyl (C=O) groups excluding carboxylic acids is 1. The lowest BCUT2D eigenvalue weighted by Gasteiger charge is -2.61. The summed E-state index contributed by atoms with van der Waals surface area (Å²) < 4.78 is 11.4. The van der Waals surface area contributed by atoms with Crippen molar-refractivity contribution in [3.8, 4) is 5.75 Å². The molecule has 5 heteroatoms. The molecule has 2 aliphatic rings. The molecule has 2 atom stereocenters. The van der Waals surface area contributed by atoms with Gasteiger partial charge in [-0.1, -0.05) is 46.8 Å². The largest absolute Gasteiger partial charge is 0.427 e. The number of fused-ring (bicyclic) bond motifs is 1. The van der Waals surface area contributed by atoms with Crippen LogP contribution in [-0.2, 0) is 25.1 Å². The van der Waals surface area contributed by atoms with Gasteiger partial charge in [-0.25, -0.2) is 4.89 Å². The fourth-order valence-corrected chi connectivity index (χ4v) is 4.26. The van der Waals surface area contributed by atoms with Crippen LogP contribution in [0.15, 0.2) is 24.3 Å². The van der Waals surface area contributed by atoms with Gasteiger partial charge in [0.05, 0.1) is 6.61 Å². The molecule has 0 aromatic heterocycles. The molecule has 1 aromatic rings. The molecule has 0 amide bonds. The molecular weight excluding hydrogens is 308 g/mol. The Balaban J connectivity index is 2.11. The Morgan fingerprint density at radius 3 is 2.54 bits per heavy atom. The van der Waals surface area contributed by atoms with E-state index in [9.17, 15) is 4.79 Å². The number of hydrogen-bond acceptors (Lipinski definition) is 5. The number of rotatable bonds is 4. The zero-order valence-corrected chi connectivity index (χ0v) is 15.3. The number of hydrogen-bond donors (Lipinski definition) is 0. The first-order valence-corrected chi connectivity index (χ1v) is 8.42. The van der Waals surface area contributed by atoms with Crippen molar-refractivity contribution in [2.24, 2.45) is 10.8 Å². The first kappa shape index (κ1) is 17.4. The maximum atomic E-state index is 11.3. The third kappa shape index (κ3) is 2.01. The molecule has 2 heterocycles. The van der Waals surface area contributed by atoms with Crippen LogP contribution in [0.1, 0.15) is 53.5 Å². The molecule has 0 radical (unpaired) electrons. The zero-order valence-electron chi connectivity index (χ0n) is 15.3. The highest BCUT2D eigenvalue weighted by molar-refractivity contribution is 5.69. The van der Waals surface area contributed by atoms with Crippen molar-refractivity contribution >= 4 is 5.97 Å². The van der Waals surface area contributed by atoms with Gasteiger partial charge in [-0.2, -0.15) is 4.89 Å². The van der Waals surface area contributed by atoms with Crippen LogP contribution in [0, 0.1) is 10.8 Å². The average Bonchev–Trinajstić information content (AvgIpc) is 2.62. The van der Waals surface area contributed by atoms with E-state index in [2.05, 4.69) is 34.6 Å². The van der Waals surface area contributed by atoms with E-state index in [1.165, 1.54) is 6.92 Å². The van der Waals surface area contributed by atoms with Crippen LogP contribution in [0.25, 0.3) is 0 Å². The first-order chi connectivity index (χ1) is 11.1. The van der Waals surface area contributed by atoms with Crippen molar-refractivity contribution in [1.29, 1.82) is 0 Å². The van der Waals surface area contributed by atoms with Crippen LogP contribution in [0.2, 0.25) is 0 Å². The summed E-state index contributed by atoms with van der Waals surface area (Å²) >= 11 is 0. The summed E-state index contributed by atoms with van der Waals surface area (Å²) in [6.45, 7) is 12.7. The molecule has 0 aliphatic carbocycles. The predicted octanol–water partition coefficient (Wildman–Crippen LogP) is 3.96. The van der Waals surface area contributed by atoms with Crippen molar-refractivity contribution in [3.63, 3.8) is 0 Å². The second-order valence-electron chi connectivity index (χ2n) is 8.00. The highest BCUT2D eigenvalue weighted by Crippen LogP contribution is 2.69. The van der Waals surface area contributed by atoms with E-state index in [0.717, 1.165) is 12.0 Å². The Morgan fingerprint density at radius 2 is 2.00 bits per heavy atom. The average molecular weight is 334 g/mol. The van der Waals surface area contributed by atoms with Gasteiger partial charge >= 0.3 is 5.97 Å². The van der Waals surface area contributed by atoms with Gasteiger partial charge in [-0.05, 0) is 18.6 Å². The van der Waals surface area contributed by atoms with Crippen molar-refractivity contribution in [3.05, 3.63) is 29.8 Å². The quantitative estimate of drug-likeness (QED) is 0.474. The molecule has 3 rings (SSSR count). The van der Waals surface area contributed by atoms with Crippen LogP contribution >= 0.6 is 0 Å². The van der Waals surface area contributed by atoms with E-state index in [4.69, 9.17) is 19.2 Å². The molecule has 0 saturated carbocycles. The maximum Gasteiger partial charge on any atom is 0.308 e. The molecule has 5 nitrogen and oxygen atoms in total. The fourth-order valence-electron chi connectivity index (χ4n) is 4.26. The van der Waals surface area contributed by atoms with E-state index in [0.29, 0.717) is 12.4 Å². The van der Waals surface area contributed by atoms with Crippen LogP contribution in [0.5, 0.6) is 5.75 Å². The maximum absolute atomic E-state index is 11.3. The summed E-state index contributed by atoms with van der Waals surface area (Å²) in [4.78, 5) is 22.8. The Morgan fingerprint density at radius 1 is 1.29 bits per heavy atom. The Kier molecular flexibility index (Phi) is 3.83. The first-order valence-electron chi connectivity index (χ1n) is 8.42. The third-order valence-electron chi connectivity index (χ3n) is 5.65. The topological polar surface area (TPSA) is 54.0 Å². The summed E-state index contributed by atoms with van der Waals surface area (Å²) in [5.41, 5.74) is -0.235. The van der Waals surface area contributed by atoms with Gasteiger partial charge in [-0.15, -0.1) is 0 Å². The van der Waals surface area contributed by atoms with E-state index in [1.807, 2.05) is 12.1 Å². The molecule has 0 N–H and O–H groups in total. The molecular formula is C19H26O5. The molecule has 2 saturated heterocycles. The fraction of sp³-hybridized carbons (Fsp3) is 0.632. The van der Waals surface area contributed by atoms with Gasteiger partial charge in [0.25, 0.3) is 5.79 Å². The Hall–Kier alpha value is -1.43. The number of ether oxygens (including phenoxy) is 2. The van der Waals surface area contributed by atoms with Crippen LogP contribution in [0.4, 0.5) is 0 Å². The molecule has 1 aromatic carbocycles. The molecule has 2 aliphatic heterocycles. The summed E-state index contributed by atoms with van der Waals surface area (Å²) in [6, 6.07) is 7.30.